The molecule has 0 aromatic carbocycles. The molecule has 3 rings (SSSR count). The molecule has 2 N–H and O–H groups in total. The van der Waals surface area contributed by atoms with Gasteiger partial charge in [-0.1, -0.05) is 11.8 Å². The van der Waals surface area contributed by atoms with Gasteiger partial charge in [0.05, 0.1) is 5.75 Å². The van der Waals surface area contributed by atoms with Crippen LogP contribution >= 0.6 is 35.5 Å². The number of carbonyl (C=O) groups is 1. The molecule has 23 heavy (non-hydrogen) atoms. The second kappa shape index (κ2) is 8.28. The Balaban J connectivity index is 0.00000192. The zero-order valence-electron chi connectivity index (χ0n) is 13.2. The number of rotatable bonds is 4. The Morgan fingerprint density at radius 2 is 2.13 bits per heavy atom. The lowest BCUT2D eigenvalue weighted by molar-refractivity contribution is -0.119. The average molecular weight is 373 g/mol. The monoisotopic (exact) mass is 372 g/mol. The number of hydrogen-bond donors (Lipinski definition) is 2. The fraction of sp³-hybridized carbons (Fsp3) is 0.533. The van der Waals surface area contributed by atoms with Crippen molar-refractivity contribution in [3.8, 4) is 0 Å². The summed E-state index contributed by atoms with van der Waals surface area (Å²) in [7, 11) is 0. The number of thiophene rings is 1. The molecule has 1 amide bonds. The molecular weight excluding hydrogens is 352 g/mol. The number of aryl methyl sites for hydroxylation is 2. The van der Waals surface area contributed by atoms with E-state index in [-0.39, 0.29) is 18.3 Å². The first kappa shape index (κ1) is 18.4. The number of piperidine rings is 1. The summed E-state index contributed by atoms with van der Waals surface area (Å²) in [5.41, 5.74) is 1.22. The molecule has 5 nitrogen and oxygen atoms in total. The van der Waals surface area contributed by atoms with E-state index in [9.17, 15) is 4.79 Å². The van der Waals surface area contributed by atoms with Gasteiger partial charge in [-0.05, 0) is 45.3 Å². The van der Waals surface area contributed by atoms with E-state index in [4.69, 9.17) is 0 Å². The van der Waals surface area contributed by atoms with Crippen LogP contribution in [0.2, 0.25) is 0 Å². The van der Waals surface area contributed by atoms with Crippen molar-refractivity contribution in [1.29, 1.82) is 0 Å². The van der Waals surface area contributed by atoms with E-state index in [0.717, 1.165) is 41.2 Å². The fourth-order valence-corrected chi connectivity index (χ4v) is 4.56. The highest BCUT2D eigenvalue weighted by atomic mass is 35.5. The molecule has 0 saturated carbocycles. The van der Waals surface area contributed by atoms with Gasteiger partial charge in [0.2, 0.25) is 5.91 Å². The maximum absolute atomic E-state index is 12.1. The smallest absolute Gasteiger partial charge is 0.230 e. The molecule has 0 spiro atoms. The summed E-state index contributed by atoms with van der Waals surface area (Å²) in [6.07, 6.45) is 3.61. The van der Waals surface area contributed by atoms with Crippen LogP contribution in [0.25, 0.3) is 10.2 Å². The predicted molar refractivity (Wildman–Crippen MR) is 98.9 cm³/mol. The van der Waals surface area contributed by atoms with E-state index in [2.05, 4.69) is 34.4 Å². The lowest BCUT2D eigenvalue weighted by Gasteiger charge is -2.23. The third kappa shape index (κ3) is 4.35. The summed E-state index contributed by atoms with van der Waals surface area (Å²) < 4.78 is 0. The molecule has 2 aromatic rings. The van der Waals surface area contributed by atoms with Crippen molar-refractivity contribution in [2.75, 3.05) is 18.8 Å². The molecular formula is C15H21ClN4OS2. The molecule has 0 aliphatic carbocycles. The van der Waals surface area contributed by atoms with E-state index in [1.54, 1.807) is 17.7 Å². The van der Waals surface area contributed by atoms with Crippen LogP contribution in [-0.4, -0.2) is 40.8 Å². The minimum atomic E-state index is 0. The van der Waals surface area contributed by atoms with Crippen molar-refractivity contribution in [2.24, 2.45) is 0 Å². The van der Waals surface area contributed by atoms with Crippen LogP contribution in [0.1, 0.15) is 23.3 Å². The highest BCUT2D eigenvalue weighted by molar-refractivity contribution is 8.00. The predicted octanol–water partition coefficient (Wildman–Crippen LogP) is 2.69. The number of hydrogen-bond acceptors (Lipinski definition) is 6. The molecule has 1 aliphatic rings. The second-order valence-electron chi connectivity index (χ2n) is 5.52. The molecule has 0 unspecified atom stereocenters. The van der Waals surface area contributed by atoms with Gasteiger partial charge >= 0.3 is 0 Å². The number of halogens is 1. The molecule has 126 valence electrons. The summed E-state index contributed by atoms with van der Waals surface area (Å²) in [4.78, 5) is 23.1. The SMILES string of the molecule is Cc1sc2ncnc(SCC(=O)NC3CCNCC3)c2c1C.Cl. The molecule has 8 heteroatoms. The third-order valence-electron chi connectivity index (χ3n) is 3.97. The van der Waals surface area contributed by atoms with Gasteiger partial charge in [-0.2, -0.15) is 0 Å². The Morgan fingerprint density at radius 1 is 1.39 bits per heavy atom. The molecule has 0 atom stereocenters. The number of nitrogens with one attached hydrogen (secondary N) is 2. The highest BCUT2D eigenvalue weighted by Crippen LogP contribution is 2.34. The summed E-state index contributed by atoms with van der Waals surface area (Å²) in [6.45, 7) is 6.16. The van der Waals surface area contributed by atoms with Crippen LogP contribution in [0.5, 0.6) is 0 Å². The van der Waals surface area contributed by atoms with Crippen molar-refractivity contribution in [2.45, 2.75) is 37.8 Å². The van der Waals surface area contributed by atoms with Gasteiger partial charge < -0.3 is 10.6 Å². The van der Waals surface area contributed by atoms with Gasteiger partial charge in [-0.25, -0.2) is 9.97 Å². The van der Waals surface area contributed by atoms with E-state index in [1.807, 2.05) is 0 Å². The number of thioether (sulfide) groups is 1. The number of carbonyl (C=O) groups excluding carboxylic acids is 1. The van der Waals surface area contributed by atoms with Gasteiger partial charge in [0.1, 0.15) is 16.2 Å². The minimum absolute atomic E-state index is 0. The van der Waals surface area contributed by atoms with Gasteiger partial charge in [0.25, 0.3) is 0 Å². The van der Waals surface area contributed by atoms with Crippen LogP contribution in [0, 0.1) is 13.8 Å². The first-order chi connectivity index (χ1) is 10.6. The average Bonchev–Trinajstić information content (AvgIpc) is 2.82. The number of amides is 1. The zero-order valence-corrected chi connectivity index (χ0v) is 15.7. The zero-order chi connectivity index (χ0) is 15.5. The second-order valence-corrected chi connectivity index (χ2v) is 7.69. The standard InChI is InChI=1S/C15H20N4OS2.ClH/c1-9-10(2)22-15-13(9)14(17-8-18-15)21-7-12(20)19-11-3-5-16-6-4-11;/h8,11,16H,3-7H2,1-2H3,(H,19,20);1H. The minimum Gasteiger partial charge on any atom is -0.353 e. The van der Waals surface area contributed by atoms with Gasteiger partial charge in [-0.3, -0.25) is 4.79 Å². The van der Waals surface area contributed by atoms with Crippen LogP contribution in [0.4, 0.5) is 0 Å². The molecule has 0 bridgehead atoms. The summed E-state index contributed by atoms with van der Waals surface area (Å²) >= 11 is 3.19. The quantitative estimate of drug-likeness (QED) is 0.638. The molecule has 3 heterocycles. The van der Waals surface area contributed by atoms with E-state index in [0.29, 0.717) is 11.8 Å². The van der Waals surface area contributed by atoms with Crippen molar-refractivity contribution >= 4 is 51.6 Å². The largest absolute Gasteiger partial charge is 0.353 e. The van der Waals surface area contributed by atoms with Crippen LogP contribution in [0.15, 0.2) is 11.4 Å². The van der Waals surface area contributed by atoms with E-state index < -0.39 is 0 Å². The molecule has 1 saturated heterocycles. The maximum atomic E-state index is 12.1. The molecule has 0 radical (unpaired) electrons. The lowest BCUT2D eigenvalue weighted by atomic mass is 10.1. The fourth-order valence-electron chi connectivity index (χ4n) is 2.63. The maximum Gasteiger partial charge on any atom is 0.230 e. The van der Waals surface area contributed by atoms with Gasteiger partial charge in [-0.15, -0.1) is 23.7 Å². The Hall–Kier alpha value is -0.890. The van der Waals surface area contributed by atoms with Crippen molar-refractivity contribution < 1.29 is 4.79 Å². The summed E-state index contributed by atoms with van der Waals surface area (Å²) in [5.74, 6) is 0.498. The van der Waals surface area contributed by atoms with Gasteiger partial charge in [0, 0.05) is 16.3 Å². The number of fused-ring (bicyclic) bond motifs is 1. The molecule has 2 aromatic heterocycles. The Morgan fingerprint density at radius 3 is 2.87 bits per heavy atom. The highest BCUT2D eigenvalue weighted by Gasteiger charge is 2.17. The van der Waals surface area contributed by atoms with E-state index >= 15 is 0 Å². The van der Waals surface area contributed by atoms with Crippen LogP contribution < -0.4 is 10.6 Å². The number of nitrogens with zero attached hydrogens (tertiary/aromatic N) is 2. The summed E-state index contributed by atoms with van der Waals surface area (Å²) in [6, 6.07) is 0.310. The van der Waals surface area contributed by atoms with Crippen LogP contribution in [0.3, 0.4) is 0 Å². The third-order valence-corrected chi connectivity index (χ3v) is 6.08. The summed E-state index contributed by atoms with van der Waals surface area (Å²) in [5, 5.41) is 8.43. The Kier molecular flexibility index (Phi) is 6.64. The molecule has 1 aliphatic heterocycles. The van der Waals surface area contributed by atoms with Crippen LogP contribution in [-0.2, 0) is 4.79 Å². The lowest BCUT2D eigenvalue weighted by Crippen LogP contribution is -2.43. The van der Waals surface area contributed by atoms with Crippen molar-refractivity contribution in [3.05, 3.63) is 16.8 Å². The number of aromatic nitrogens is 2. The Labute approximate surface area is 150 Å². The first-order valence-electron chi connectivity index (χ1n) is 7.48. The normalized spacial score (nSPS) is 15.4. The van der Waals surface area contributed by atoms with Gasteiger partial charge in [0.15, 0.2) is 0 Å². The first-order valence-corrected chi connectivity index (χ1v) is 9.29. The van der Waals surface area contributed by atoms with E-state index in [1.165, 1.54) is 22.2 Å². The van der Waals surface area contributed by atoms with Crippen molar-refractivity contribution in [1.82, 2.24) is 20.6 Å². The molecule has 1 fully saturated rings. The van der Waals surface area contributed by atoms with Crippen molar-refractivity contribution in [3.63, 3.8) is 0 Å². The Bertz CT molecular complexity index is 685. The topological polar surface area (TPSA) is 66.9 Å².